The zero-order chi connectivity index (χ0) is 27.9. The molecule has 1 aliphatic rings. The number of nitrogens with one attached hydrogen (secondary N) is 3. The standard InChI is InChI=1S/C30H29FN6O3/c1-3-28(38)34-23-10-11-27(39-2)25(18-23)29-26(33-21-7-4-6-20(31)16-21)19-32-30(36-29)35-22-8-5-9-24(17-22)37-12-14-40-15-13-37/h3-11,16-19,33H,1,12-15H2,2H3,(H,34,38)(H,32,35,36). The molecule has 0 spiro atoms. The summed E-state index contributed by atoms with van der Waals surface area (Å²) in [5.74, 6) is 0.149. The van der Waals surface area contributed by atoms with Crippen molar-refractivity contribution < 1.29 is 18.7 Å². The zero-order valence-corrected chi connectivity index (χ0v) is 22.0. The molecule has 0 unspecified atom stereocenters. The van der Waals surface area contributed by atoms with E-state index in [0.717, 1.165) is 24.5 Å². The molecule has 5 rings (SSSR count). The lowest BCUT2D eigenvalue weighted by Gasteiger charge is -2.29. The number of benzene rings is 3. The van der Waals surface area contributed by atoms with Gasteiger partial charge in [0.25, 0.3) is 0 Å². The number of carbonyl (C=O) groups is 1. The minimum absolute atomic E-state index is 0.348. The van der Waals surface area contributed by atoms with E-state index in [1.54, 1.807) is 43.6 Å². The minimum Gasteiger partial charge on any atom is -0.496 e. The molecule has 204 valence electrons. The number of amides is 1. The number of hydrogen-bond donors (Lipinski definition) is 3. The third-order valence-corrected chi connectivity index (χ3v) is 6.28. The van der Waals surface area contributed by atoms with Crippen LogP contribution in [0.15, 0.2) is 85.6 Å². The van der Waals surface area contributed by atoms with Gasteiger partial charge in [0.15, 0.2) is 0 Å². The molecule has 10 heteroatoms. The van der Waals surface area contributed by atoms with Crippen LogP contribution in [0.1, 0.15) is 0 Å². The quantitative estimate of drug-likeness (QED) is 0.231. The van der Waals surface area contributed by atoms with Crippen LogP contribution in [0.3, 0.4) is 0 Å². The lowest BCUT2D eigenvalue weighted by molar-refractivity contribution is -0.111. The van der Waals surface area contributed by atoms with Crippen molar-refractivity contribution in [2.45, 2.75) is 0 Å². The van der Waals surface area contributed by atoms with E-state index in [2.05, 4.69) is 38.5 Å². The number of rotatable bonds is 9. The maximum absolute atomic E-state index is 13.9. The van der Waals surface area contributed by atoms with Crippen LogP contribution in [-0.4, -0.2) is 49.3 Å². The van der Waals surface area contributed by atoms with Gasteiger partial charge in [-0.1, -0.05) is 18.7 Å². The smallest absolute Gasteiger partial charge is 0.247 e. The van der Waals surface area contributed by atoms with Crippen molar-refractivity contribution >= 4 is 40.3 Å². The van der Waals surface area contributed by atoms with Gasteiger partial charge < -0.3 is 30.3 Å². The van der Waals surface area contributed by atoms with Gasteiger partial charge in [-0.3, -0.25) is 4.79 Å². The van der Waals surface area contributed by atoms with Crippen molar-refractivity contribution in [3.63, 3.8) is 0 Å². The van der Waals surface area contributed by atoms with Crippen molar-refractivity contribution in [3.05, 3.63) is 91.4 Å². The molecule has 0 bridgehead atoms. The number of carbonyl (C=O) groups excluding carboxylic acids is 1. The SMILES string of the molecule is C=CC(=O)Nc1ccc(OC)c(-c2nc(Nc3cccc(N4CCOCC4)c3)ncc2Nc2cccc(F)c2)c1. The predicted octanol–water partition coefficient (Wildman–Crippen LogP) is 5.74. The van der Waals surface area contributed by atoms with Gasteiger partial charge in [-0.25, -0.2) is 14.4 Å². The molecule has 1 amide bonds. The molecular formula is C30H29FN6O3. The molecule has 1 fully saturated rings. The Morgan fingerprint density at radius 1 is 1.02 bits per heavy atom. The van der Waals surface area contributed by atoms with E-state index in [1.807, 2.05) is 18.2 Å². The number of ether oxygens (including phenoxy) is 2. The number of methoxy groups -OCH3 is 1. The summed E-state index contributed by atoms with van der Waals surface area (Å²) in [6.45, 7) is 6.54. The number of aromatic nitrogens is 2. The Morgan fingerprint density at radius 2 is 1.80 bits per heavy atom. The molecule has 0 saturated carbocycles. The molecule has 3 aromatic carbocycles. The summed E-state index contributed by atoms with van der Waals surface area (Å²) in [6, 6.07) is 19.3. The zero-order valence-electron chi connectivity index (χ0n) is 22.0. The van der Waals surface area contributed by atoms with Crippen LogP contribution in [0.5, 0.6) is 5.75 Å². The first kappa shape index (κ1) is 26.6. The molecule has 9 nitrogen and oxygen atoms in total. The topological polar surface area (TPSA) is 101 Å². The molecule has 40 heavy (non-hydrogen) atoms. The van der Waals surface area contributed by atoms with Crippen LogP contribution in [0.4, 0.5) is 38.8 Å². The largest absolute Gasteiger partial charge is 0.496 e. The average molecular weight is 541 g/mol. The minimum atomic E-state index is -0.377. The summed E-state index contributed by atoms with van der Waals surface area (Å²) in [4.78, 5) is 23.6. The number of hydrogen-bond acceptors (Lipinski definition) is 8. The lowest BCUT2D eigenvalue weighted by atomic mass is 10.1. The van der Waals surface area contributed by atoms with Gasteiger partial charge in [-0.2, -0.15) is 0 Å². The second kappa shape index (κ2) is 12.3. The number of nitrogens with zero attached hydrogens (tertiary/aromatic N) is 3. The van der Waals surface area contributed by atoms with Gasteiger partial charge in [0.05, 0.1) is 32.2 Å². The third-order valence-electron chi connectivity index (χ3n) is 6.28. The Labute approximate surface area is 231 Å². The fourth-order valence-electron chi connectivity index (χ4n) is 4.36. The van der Waals surface area contributed by atoms with Crippen molar-refractivity contribution in [1.82, 2.24) is 9.97 Å². The Bertz CT molecular complexity index is 1520. The van der Waals surface area contributed by atoms with Crippen molar-refractivity contribution in [2.75, 3.05) is 54.3 Å². The van der Waals surface area contributed by atoms with Crippen LogP contribution in [-0.2, 0) is 9.53 Å². The van der Waals surface area contributed by atoms with Crippen molar-refractivity contribution in [1.29, 1.82) is 0 Å². The van der Waals surface area contributed by atoms with Gasteiger partial charge in [0.1, 0.15) is 17.3 Å². The molecule has 0 aliphatic carbocycles. The van der Waals surface area contributed by atoms with Crippen molar-refractivity contribution in [3.8, 4) is 17.0 Å². The number of morpholine rings is 1. The van der Waals surface area contributed by atoms with Gasteiger partial charge in [-0.15, -0.1) is 0 Å². The van der Waals surface area contributed by atoms with Crippen LogP contribution < -0.4 is 25.6 Å². The third kappa shape index (κ3) is 6.36. The van der Waals surface area contributed by atoms with E-state index >= 15 is 0 Å². The molecule has 3 N–H and O–H groups in total. The van der Waals surface area contributed by atoms with E-state index in [9.17, 15) is 9.18 Å². The first-order valence-electron chi connectivity index (χ1n) is 12.7. The summed E-state index contributed by atoms with van der Waals surface area (Å²) < 4.78 is 25.0. The fourth-order valence-corrected chi connectivity index (χ4v) is 4.36. The number of anilines is 6. The highest BCUT2D eigenvalue weighted by Gasteiger charge is 2.17. The molecule has 0 atom stereocenters. The summed E-state index contributed by atoms with van der Waals surface area (Å²) in [7, 11) is 1.55. The first-order valence-corrected chi connectivity index (χ1v) is 12.7. The van der Waals surface area contributed by atoms with Crippen LogP contribution in [0.2, 0.25) is 0 Å². The van der Waals surface area contributed by atoms with Gasteiger partial charge >= 0.3 is 0 Å². The van der Waals surface area contributed by atoms with E-state index in [4.69, 9.17) is 14.5 Å². The molecular weight excluding hydrogens is 511 g/mol. The van der Waals surface area contributed by atoms with Gasteiger partial charge in [0, 0.05) is 41.4 Å². The maximum atomic E-state index is 13.9. The summed E-state index contributed by atoms with van der Waals surface area (Å²) >= 11 is 0. The van der Waals surface area contributed by atoms with Crippen LogP contribution >= 0.6 is 0 Å². The Kier molecular flexibility index (Phi) is 8.17. The lowest BCUT2D eigenvalue weighted by Crippen LogP contribution is -2.36. The molecule has 0 radical (unpaired) electrons. The van der Waals surface area contributed by atoms with Crippen LogP contribution in [0.25, 0.3) is 11.3 Å². The van der Waals surface area contributed by atoms with E-state index in [1.165, 1.54) is 18.2 Å². The highest BCUT2D eigenvalue weighted by Crippen LogP contribution is 2.37. The molecule has 1 saturated heterocycles. The molecule has 1 aromatic heterocycles. The molecule has 2 heterocycles. The second-order valence-corrected chi connectivity index (χ2v) is 8.97. The maximum Gasteiger partial charge on any atom is 0.247 e. The fraction of sp³-hybridized carbons (Fsp3) is 0.167. The monoisotopic (exact) mass is 540 g/mol. The van der Waals surface area contributed by atoms with E-state index in [0.29, 0.717) is 53.2 Å². The number of halogens is 1. The normalized spacial score (nSPS) is 12.9. The predicted molar refractivity (Wildman–Crippen MR) is 155 cm³/mol. The molecule has 4 aromatic rings. The highest BCUT2D eigenvalue weighted by molar-refractivity contribution is 5.99. The highest BCUT2D eigenvalue weighted by atomic mass is 19.1. The first-order chi connectivity index (χ1) is 19.5. The molecule has 1 aliphatic heterocycles. The van der Waals surface area contributed by atoms with Crippen LogP contribution in [0, 0.1) is 5.82 Å². The van der Waals surface area contributed by atoms with E-state index < -0.39 is 0 Å². The van der Waals surface area contributed by atoms with Crippen molar-refractivity contribution in [2.24, 2.45) is 0 Å². The average Bonchev–Trinajstić information content (AvgIpc) is 2.98. The Hall–Kier alpha value is -4.96. The summed E-state index contributed by atoms with van der Waals surface area (Å²) in [5.41, 5.74) is 4.55. The summed E-state index contributed by atoms with van der Waals surface area (Å²) in [5, 5.41) is 9.27. The summed E-state index contributed by atoms with van der Waals surface area (Å²) in [6.07, 6.45) is 2.81. The second-order valence-electron chi connectivity index (χ2n) is 8.97. The van der Waals surface area contributed by atoms with E-state index in [-0.39, 0.29) is 11.7 Å². The Balaban J connectivity index is 1.53. The van der Waals surface area contributed by atoms with Gasteiger partial charge in [-0.05, 0) is 60.7 Å². The Morgan fingerprint density at radius 3 is 2.55 bits per heavy atom. The van der Waals surface area contributed by atoms with Gasteiger partial charge in [0.2, 0.25) is 11.9 Å².